The molecule has 5 heteroatoms. The molecule has 0 spiro atoms. The van der Waals surface area contributed by atoms with Crippen molar-refractivity contribution in [2.45, 2.75) is 33.2 Å². The van der Waals surface area contributed by atoms with Crippen LogP contribution < -0.4 is 15.6 Å². The minimum Gasteiger partial charge on any atom is -0.478 e. The van der Waals surface area contributed by atoms with Crippen molar-refractivity contribution in [3.05, 3.63) is 64.1 Å². The van der Waals surface area contributed by atoms with E-state index < -0.39 is 0 Å². The number of pyridine rings is 2. The van der Waals surface area contributed by atoms with Crippen molar-refractivity contribution in [2.75, 3.05) is 11.9 Å². The third kappa shape index (κ3) is 3.99. The Morgan fingerprint density at radius 1 is 1.20 bits per heavy atom. The summed E-state index contributed by atoms with van der Waals surface area (Å²) in [4.78, 5) is 19.5. The van der Waals surface area contributed by atoms with Crippen molar-refractivity contribution in [1.29, 1.82) is 0 Å². The van der Waals surface area contributed by atoms with Crippen molar-refractivity contribution in [3.63, 3.8) is 0 Å². The van der Waals surface area contributed by atoms with Gasteiger partial charge in [0.15, 0.2) is 0 Å². The molecular weight excluding hydrogens is 314 g/mol. The molecule has 0 bridgehead atoms. The highest BCUT2D eigenvalue weighted by Gasteiger charge is 2.06. The molecule has 0 aliphatic carbocycles. The van der Waals surface area contributed by atoms with Crippen LogP contribution in [0.2, 0.25) is 0 Å². The molecule has 2 heterocycles. The van der Waals surface area contributed by atoms with E-state index in [9.17, 15) is 4.79 Å². The number of hydrogen-bond acceptors (Lipinski definition) is 4. The number of ether oxygens (including phenoxy) is 1. The Hall–Kier alpha value is -2.82. The normalized spacial score (nSPS) is 11.0. The highest BCUT2D eigenvalue weighted by atomic mass is 16.5. The lowest BCUT2D eigenvalue weighted by molar-refractivity contribution is 0.327. The van der Waals surface area contributed by atoms with Gasteiger partial charge in [-0.2, -0.15) is 0 Å². The summed E-state index contributed by atoms with van der Waals surface area (Å²) in [5.74, 6) is 1.05. The molecule has 0 radical (unpaired) electrons. The second kappa shape index (κ2) is 7.38. The number of fused-ring (bicyclic) bond motifs is 1. The fourth-order valence-electron chi connectivity index (χ4n) is 2.68. The summed E-state index contributed by atoms with van der Waals surface area (Å²) in [5.41, 5.74) is 3.59. The van der Waals surface area contributed by atoms with Gasteiger partial charge in [0.2, 0.25) is 5.88 Å². The van der Waals surface area contributed by atoms with Gasteiger partial charge in [0.25, 0.3) is 5.56 Å². The number of nitrogens with zero attached hydrogens (tertiary/aromatic N) is 1. The topological polar surface area (TPSA) is 67.0 Å². The van der Waals surface area contributed by atoms with Gasteiger partial charge < -0.3 is 15.0 Å². The first-order valence-electron chi connectivity index (χ1n) is 8.55. The molecule has 2 N–H and O–H groups in total. The quantitative estimate of drug-likeness (QED) is 0.712. The first-order chi connectivity index (χ1) is 12.1. The first kappa shape index (κ1) is 17.0. The van der Waals surface area contributed by atoms with E-state index in [4.69, 9.17) is 4.74 Å². The van der Waals surface area contributed by atoms with Crippen LogP contribution in [0.1, 0.15) is 37.8 Å². The van der Waals surface area contributed by atoms with E-state index in [1.54, 1.807) is 6.20 Å². The SMILES string of the molecule is CCOc1ccc(NCc2cc3cc(C(C)C)ccc3[nH]c2=O)cn1. The maximum atomic E-state index is 12.3. The summed E-state index contributed by atoms with van der Waals surface area (Å²) in [6.07, 6.45) is 1.71. The zero-order valence-corrected chi connectivity index (χ0v) is 14.8. The second-order valence-corrected chi connectivity index (χ2v) is 6.30. The Labute approximate surface area is 147 Å². The van der Waals surface area contributed by atoms with E-state index in [1.807, 2.05) is 31.2 Å². The van der Waals surface area contributed by atoms with Gasteiger partial charge in [0.1, 0.15) is 0 Å². The lowest BCUT2D eigenvalue weighted by atomic mass is 10.0. The van der Waals surface area contributed by atoms with Gasteiger partial charge in [0, 0.05) is 23.7 Å². The summed E-state index contributed by atoms with van der Waals surface area (Å²) in [5, 5.41) is 4.28. The number of H-pyrrole nitrogens is 1. The zero-order valence-electron chi connectivity index (χ0n) is 14.8. The number of rotatable bonds is 6. The van der Waals surface area contributed by atoms with Crippen LogP contribution in [0.5, 0.6) is 5.88 Å². The van der Waals surface area contributed by atoms with Crippen molar-refractivity contribution >= 4 is 16.6 Å². The fraction of sp³-hybridized carbons (Fsp3) is 0.300. The van der Waals surface area contributed by atoms with Gasteiger partial charge in [0.05, 0.1) is 18.5 Å². The van der Waals surface area contributed by atoms with Crippen LogP contribution in [-0.2, 0) is 6.54 Å². The Bertz CT molecular complexity index is 914. The van der Waals surface area contributed by atoms with Crippen molar-refractivity contribution in [2.24, 2.45) is 0 Å². The number of aromatic amines is 1. The number of nitrogens with one attached hydrogen (secondary N) is 2. The Kier molecular flexibility index (Phi) is 5.03. The van der Waals surface area contributed by atoms with Crippen LogP contribution in [0.25, 0.3) is 10.9 Å². The van der Waals surface area contributed by atoms with Gasteiger partial charge in [-0.15, -0.1) is 0 Å². The molecule has 25 heavy (non-hydrogen) atoms. The van der Waals surface area contributed by atoms with Gasteiger partial charge in [-0.3, -0.25) is 4.79 Å². The minimum atomic E-state index is -0.0730. The Balaban J connectivity index is 1.80. The van der Waals surface area contributed by atoms with Crippen molar-refractivity contribution < 1.29 is 4.74 Å². The van der Waals surface area contributed by atoms with Crippen LogP contribution in [0.4, 0.5) is 5.69 Å². The molecule has 0 saturated carbocycles. The zero-order chi connectivity index (χ0) is 17.8. The number of anilines is 1. The molecule has 0 atom stereocenters. The van der Waals surface area contributed by atoms with Crippen LogP contribution in [-0.4, -0.2) is 16.6 Å². The maximum Gasteiger partial charge on any atom is 0.253 e. The third-order valence-electron chi connectivity index (χ3n) is 4.12. The molecule has 2 aromatic heterocycles. The second-order valence-electron chi connectivity index (χ2n) is 6.30. The fourth-order valence-corrected chi connectivity index (χ4v) is 2.68. The van der Waals surface area contributed by atoms with Crippen molar-refractivity contribution in [1.82, 2.24) is 9.97 Å². The molecule has 0 amide bonds. The van der Waals surface area contributed by atoms with Gasteiger partial charge in [-0.1, -0.05) is 19.9 Å². The molecule has 0 unspecified atom stereocenters. The first-order valence-corrected chi connectivity index (χ1v) is 8.55. The highest BCUT2D eigenvalue weighted by Crippen LogP contribution is 2.20. The Morgan fingerprint density at radius 2 is 2.04 bits per heavy atom. The summed E-state index contributed by atoms with van der Waals surface area (Å²) < 4.78 is 5.33. The summed E-state index contributed by atoms with van der Waals surface area (Å²) in [6, 6.07) is 11.8. The molecule has 3 aromatic rings. The summed E-state index contributed by atoms with van der Waals surface area (Å²) in [6.45, 7) is 7.27. The molecule has 5 nitrogen and oxygen atoms in total. The molecule has 3 rings (SSSR count). The van der Waals surface area contributed by atoms with Crippen LogP contribution in [0, 0.1) is 0 Å². The van der Waals surface area contributed by atoms with E-state index in [0.29, 0.717) is 30.5 Å². The van der Waals surface area contributed by atoms with Crippen LogP contribution in [0.3, 0.4) is 0 Å². The number of hydrogen-bond donors (Lipinski definition) is 2. The highest BCUT2D eigenvalue weighted by molar-refractivity contribution is 5.80. The van der Waals surface area contributed by atoms with Gasteiger partial charge >= 0.3 is 0 Å². The molecule has 0 aliphatic rings. The average molecular weight is 337 g/mol. The summed E-state index contributed by atoms with van der Waals surface area (Å²) in [7, 11) is 0. The lowest BCUT2D eigenvalue weighted by Gasteiger charge is -2.10. The maximum absolute atomic E-state index is 12.3. The van der Waals surface area contributed by atoms with E-state index >= 15 is 0 Å². The van der Waals surface area contributed by atoms with Gasteiger partial charge in [-0.05, 0) is 48.1 Å². The predicted octanol–water partition coefficient (Wildman–Crippen LogP) is 4.06. The standard InChI is InChI=1S/C20H23N3O2/c1-4-25-19-8-6-17(12-22-19)21-11-16-10-15-9-14(13(2)3)5-7-18(15)23-20(16)24/h5-10,12-13,21H,4,11H2,1-3H3,(H,23,24). The smallest absolute Gasteiger partial charge is 0.253 e. The van der Waals surface area contributed by atoms with E-state index in [1.165, 1.54) is 5.56 Å². The number of aromatic nitrogens is 2. The third-order valence-corrected chi connectivity index (χ3v) is 4.12. The molecule has 0 fully saturated rings. The van der Waals surface area contributed by atoms with Gasteiger partial charge in [-0.25, -0.2) is 4.98 Å². The molecule has 0 saturated heterocycles. The number of benzene rings is 1. The van der Waals surface area contributed by atoms with E-state index in [2.05, 4.69) is 41.3 Å². The minimum absolute atomic E-state index is 0.0730. The predicted molar refractivity (Wildman–Crippen MR) is 101 cm³/mol. The largest absolute Gasteiger partial charge is 0.478 e. The molecule has 0 aliphatic heterocycles. The van der Waals surface area contributed by atoms with Crippen molar-refractivity contribution in [3.8, 4) is 5.88 Å². The molecule has 130 valence electrons. The van der Waals surface area contributed by atoms with Crippen LogP contribution in [0.15, 0.2) is 47.4 Å². The van der Waals surface area contributed by atoms with Crippen LogP contribution >= 0.6 is 0 Å². The monoisotopic (exact) mass is 337 g/mol. The Morgan fingerprint density at radius 3 is 2.72 bits per heavy atom. The van der Waals surface area contributed by atoms with E-state index in [0.717, 1.165) is 16.6 Å². The molecule has 1 aromatic carbocycles. The average Bonchev–Trinajstić information content (AvgIpc) is 2.61. The van der Waals surface area contributed by atoms with E-state index in [-0.39, 0.29) is 5.56 Å². The molecular formula is C20H23N3O2. The lowest BCUT2D eigenvalue weighted by Crippen LogP contribution is -2.15. The summed E-state index contributed by atoms with van der Waals surface area (Å²) >= 11 is 0.